The van der Waals surface area contributed by atoms with E-state index in [-0.39, 0.29) is 0 Å². The zero-order valence-electron chi connectivity index (χ0n) is 6.44. The summed E-state index contributed by atoms with van der Waals surface area (Å²) in [4.78, 5) is 2.63. The van der Waals surface area contributed by atoms with E-state index in [1.807, 2.05) is 19.2 Å². The minimum absolute atomic E-state index is 0.642. The molecular formula is C8H14NRe. The molecule has 2 heteroatoms. The van der Waals surface area contributed by atoms with Gasteiger partial charge in [-0.25, -0.2) is 0 Å². The Morgan fingerprint density at radius 2 is 2.20 bits per heavy atom. The van der Waals surface area contributed by atoms with Gasteiger partial charge in [-0.1, -0.05) is 0 Å². The maximum absolute atomic E-state index is 2.63. The normalized spacial score (nSPS) is 48.0. The summed E-state index contributed by atoms with van der Waals surface area (Å²) in [7, 11) is 2.32. The molecule has 0 N–H and O–H groups in total. The van der Waals surface area contributed by atoms with Crippen molar-refractivity contribution in [3.63, 3.8) is 0 Å². The number of fused-ring (bicyclic) bond motifs is 2. The Morgan fingerprint density at radius 3 is 2.80 bits per heavy atom. The molecule has 2 fully saturated rings. The molecule has 0 unspecified atom stereocenters. The zero-order chi connectivity index (χ0) is 7.19. The number of piperidine rings is 1. The summed E-state index contributed by atoms with van der Waals surface area (Å²) in [5.41, 5.74) is 0. The number of nitrogens with zero attached hydrogens (tertiary/aromatic N) is 1. The van der Waals surface area contributed by atoms with Crippen LogP contribution in [0.1, 0.15) is 32.1 Å². The minimum atomic E-state index is 0.642. The predicted octanol–water partition coefficient (Wildman–Crippen LogP) is 1.51. The second-order valence-electron chi connectivity index (χ2n) is 3.61. The van der Waals surface area contributed by atoms with Gasteiger partial charge in [0.25, 0.3) is 0 Å². The molecule has 10 heavy (non-hydrogen) atoms. The molecule has 0 amide bonds. The van der Waals surface area contributed by atoms with Gasteiger partial charge >= 0.3 is 73.3 Å². The summed E-state index contributed by atoms with van der Waals surface area (Å²) in [6.07, 6.45) is 7.32. The first-order chi connectivity index (χ1) is 4.72. The van der Waals surface area contributed by atoms with E-state index in [1.54, 1.807) is 0 Å². The van der Waals surface area contributed by atoms with Crippen molar-refractivity contribution in [1.82, 2.24) is 4.90 Å². The van der Waals surface area contributed by atoms with Crippen LogP contribution in [-0.2, 0) is 19.2 Å². The van der Waals surface area contributed by atoms with Crippen molar-refractivity contribution in [2.75, 3.05) is 7.05 Å². The molecule has 0 aromatic rings. The van der Waals surface area contributed by atoms with Crippen LogP contribution in [0.15, 0.2) is 0 Å². The van der Waals surface area contributed by atoms with Gasteiger partial charge in [-0.15, -0.1) is 0 Å². The molecule has 0 aliphatic carbocycles. The van der Waals surface area contributed by atoms with Crippen molar-refractivity contribution in [2.24, 2.45) is 0 Å². The maximum atomic E-state index is 2.63. The monoisotopic (exact) mass is 311 g/mol. The van der Waals surface area contributed by atoms with E-state index in [0.29, 0.717) is 4.01 Å². The molecule has 2 aliphatic rings. The first kappa shape index (κ1) is 7.28. The van der Waals surface area contributed by atoms with Crippen molar-refractivity contribution in [3.05, 3.63) is 0 Å². The van der Waals surface area contributed by atoms with Crippen LogP contribution < -0.4 is 0 Å². The molecule has 2 aliphatic heterocycles. The van der Waals surface area contributed by atoms with Crippen molar-refractivity contribution >= 4 is 0 Å². The van der Waals surface area contributed by atoms with Crippen LogP contribution >= 0.6 is 0 Å². The third kappa shape index (κ3) is 0.898. The Kier molecular flexibility index (Phi) is 1.68. The molecule has 2 rings (SSSR count). The Balaban J connectivity index is 2.21. The number of rotatable bonds is 0. The van der Waals surface area contributed by atoms with Crippen LogP contribution in [0.3, 0.4) is 0 Å². The average Bonchev–Trinajstić information content (AvgIpc) is 2.18. The van der Waals surface area contributed by atoms with E-state index in [9.17, 15) is 0 Å². The van der Waals surface area contributed by atoms with Crippen LogP contribution in [0.25, 0.3) is 0 Å². The van der Waals surface area contributed by atoms with Gasteiger partial charge in [0.2, 0.25) is 0 Å². The van der Waals surface area contributed by atoms with Crippen LogP contribution in [0.2, 0.25) is 0 Å². The second-order valence-corrected chi connectivity index (χ2v) is 6.14. The summed E-state index contributed by atoms with van der Waals surface area (Å²) >= 11 is 2.01. The van der Waals surface area contributed by atoms with Crippen molar-refractivity contribution in [1.29, 1.82) is 0 Å². The molecule has 2 bridgehead atoms. The van der Waals surface area contributed by atoms with Crippen LogP contribution in [0.4, 0.5) is 0 Å². The van der Waals surface area contributed by atoms with Gasteiger partial charge in [-0.3, -0.25) is 0 Å². The van der Waals surface area contributed by atoms with Gasteiger partial charge in [-0.2, -0.15) is 0 Å². The van der Waals surface area contributed by atoms with E-state index >= 15 is 0 Å². The molecule has 0 saturated carbocycles. The van der Waals surface area contributed by atoms with Gasteiger partial charge < -0.3 is 0 Å². The molecule has 2 atom stereocenters. The van der Waals surface area contributed by atoms with Crippen LogP contribution in [0.5, 0.6) is 0 Å². The average molecular weight is 310 g/mol. The topological polar surface area (TPSA) is 3.24 Å². The fraction of sp³-hybridized carbons (Fsp3) is 1.00. The standard InChI is InChI=1S/C8H14N.Re/c1-9-7-3-2-4-8(9)6-5-7;/h7H,2-6H2,1H3;/t7-;/m1./s1. The zero-order valence-corrected chi connectivity index (χ0v) is 9.15. The SMILES string of the molecule is CN1[C@@H]2CCC[C@@]1([Re])CC2. The third-order valence-corrected chi connectivity index (χ3v) is 5.45. The fourth-order valence-electron chi connectivity index (χ4n) is 2.33. The summed E-state index contributed by atoms with van der Waals surface area (Å²) in [6, 6.07) is 0.943. The molecule has 58 valence electrons. The second kappa shape index (κ2) is 2.30. The number of hydrogen-bond acceptors (Lipinski definition) is 1. The molecule has 0 spiro atoms. The first-order valence-electron chi connectivity index (χ1n) is 4.14. The first-order valence-corrected chi connectivity index (χ1v) is 5.50. The molecule has 0 aromatic heterocycles. The summed E-state index contributed by atoms with van der Waals surface area (Å²) in [5, 5.41) is 0. The third-order valence-electron chi connectivity index (χ3n) is 3.14. The van der Waals surface area contributed by atoms with E-state index in [0.717, 1.165) is 6.04 Å². The Hall–Kier alpha value is 0.622. The van der Waals surface area contributed by atoms with E-state index in [1.165, 1.54) is 32.1 Å². The van der Waals surface area contributed by atoms with Gasteiger partial charge in [-0.05, 0) is 0 Å². The molecular weight excluding hydrogens is 296 g/mol. The summed E-state index contributed by atoms with van der Waals surface area (Å²) in [6.45, 7) is 0. The van der Waals surface area contributed by atoms with E-state index < -0.39 is 0 Å². The quantitative estimate of drug-likeness (QED) is 0.655. The summed E-state index contributed by atoms with van der Waals surface area (Å²) < 4.78 is 0.642. The Bertz CT molecular complexity index is 144. The number of hydrogen-bond donors (Lipinski definition) is 0. The predicted molar refractivity (Wildman–Crippen MR) is 37.4 cm³/mol. The van der Waals surface area contributed by atoms with Crippen molar-refractivity contribution in [3.8, 4) is 0 Å². The molecule has 0 radical (unpaired) electrons. The summed E-state index contributed by atoms with van der Waals surface area (Å²) in [5.74, 6) is 0. The van der Waals surface area contributed by atoms with Crippen LogP contribution in [-0.4, -0.2) is 22.0 Å². The molecule has 0 aromatic carbocycles. The molecule has 1 nitrogen and oxygen atoms in total. The Morgan fingerprint density at radius 1 is 1.40 bits per heavy atom. The van der Waals surface area contributed by atoms with Crippen molar-refractivity contribution in [2.45, 2.75) is 42.2 Å². The molecule has 2 saturated heterocycles. The van der Waals surface area contributed by atoms with Gasteiger partial charge in [0.05, 0.1) is 0 Å². The Labute approximate surface area is 73.6 Å². The van der Waals surface area contributed by atoms with E-state index in [2.05, 4.69) is 11.9 Å². The van der Waals surface area contributed by atoms with Gasteiger partial charge in [0.1, 0.15) is 0 Å². The van der Waals surface area contributed by atoms with Gasteiger partial charge in [0.15, 0.2) is 0 Å². The molecule has 2 heterocycles. The van der Waals surface area contributed by atoms with E-state index in [4.69, 9.17) is 0 Å². The van der Waals surface area contributed by atoms with Gasteiger partial charge in [0, 0.05) is 0 Å². The fourth-order valence-corrected chi connectivity index (χ4v) is 3.70. The van der Waals surface area contributed by atoms with Crippen molar-refractivity contribution < 1.29 is 19.2 Å². The van der Waals surface area contributed by atoms with Crippen LogP contribution in [0, 0.1) is 0 Å².